The van der Waals surface area contributed by atoms with Crippen LogP contribution in [0, 0.1) is 5.82 Å². The highest BCUT2D eigenvalue weighted by Gasteiger charge is 2.16. The minimum atomic E-state index is -0.381. The van der Waals surface area contributed by atoms with Crippen LogP contribution in [0.2, 0.25) is 10.0 Å². The third-order valence-corrected chi connectivity index (χ3v) is 3.81. The second-order valence-electron chi connectivity index (χ2n) is 5.07. The van der Waals surface area contributed by atoms with Crippen molar-refractivity contribution in [2.75, 3.05) is 16.8 Å². The molecule has 7 heteroatoms. The lowest BCUT2D eigenvalue weighted by Crippen LogP contribution is -2.32. The molecule has 2 rings (SSSR count). The summed E-state index contributed by atoms with van der Waals surface area (Å²) in [7, 11) is 0. The van der Waals surface area contributed by atoms with Crippen molar-refractivity contribution in [3.05, 3.63) is 58.3 Å². The number of amides is 2. The maximum Gasteiger partial charge on any atom is 0.226 e. The van der Waals surface area contributed by atoms with Gasteiger partial charge in [-0.05, 0) is 42.5 Å². The van der Waals surface area contributed by atoms with Crippen molar-refractivity contribution in [2.45, 2.75) is 13.3 Å². The van der Waals surface area contributed by atoms with Crippen LogP contribution in [-0.4, -0.2) is 18.4 Å². The Kier molecular flexibility index (Phi) is 6.17. The van der Waals surface area contributed by atoms with Gasteiger partial charge in [-0.15, -0.1) is 0 Å². The lowest BCUT2D eigenvalue weighted by Gasteiger charge is -2.22. The molecule has 0 aliphatic rings. The monoisotopic (exact) mass is 368 g/mol. The van der Waals surface area contributed by atoms with E-state index in [1.165, 1.54) is 42.2 Å². The first-order valence-electron chi connectivity index (χ1n) is 7.15. The fourth-order valence-corrected chi connectivity index (χ4v) is 2.63. The topological polar surface area (TPSA) is 49.4 Å². The summed E-state index contributed by atoms with van der Waals surface area (Å²) in [5, 5.41) is 3.43. The van der Waals surface area contributed by atoms with Gasteiger partial charge in [-0.25, -0.2) is 4.39 Å². The quantitative estimate of drug-likeness (QED) is 0.843. The van der Waals surface area contributed by atoms with E-state index in [1.807, 2.05) is 0 Å². The fourth-order valence-electron chi connectivity index (χ4n) is 2.12. The first kappa shape index (κ1) is 18.2. The van der Waals surface area contributed by atoms with Gasteiger partial charge >= 0.3 is 0 Å². The van der Waals surface area contributed by atoms with E-state index in [1.54, 1.807) is 12.1 Å². The van der Waals surface area contributed by atoms with Crippen molar-refractivity contribution in [3.8, 4) is 0 Å². The van der Waals surface area contributed by atoms with Crippen molar-refractivity contribution in [2.24, 2.45) is 0 Å². The summed E-state index contributed by atoms with van der Waals surface area (Å²) in [5.41, 5.74) is 0.975. The number of anilines is 2. The summed E-state index contributed by atoms with van der Waals surface area (Å²) in [4.78, 5) is 25.3. The normalized spacial score (nSPS) is 10.3. The summed E-state index contributed by atoms with van der Waals surface area (Å²) in [5.74, 6) is -0.917. The molecule has 126 valence electrons. The second-order valence-corrected chi connectivity index (χ2v) is 5.92. The Morgan fingerprint density at radius 3 is 2.38 bits per heavy atom. The Hall–Kier alpha value is -2.11. The highest BCUT2D eigenvalue weighted by atomic mass is 35.5. The van der Waals surface area contributed by atoms with Crippen molar-refractivity contribution in [3.63, 3.8) is 0 Å². The van der Waals surface area contributed by atoms with Crippen molar-refractivity contribution in [1.29, 1.82) is 0 Å². The van der Waals surface area contributed by atoms with E-state index in [-0.39, 0.29) is 30.6 Å². The molecule has 0 aromatic heterocycles. The smallest absolute Gasteiger partial charge is 0.226 e. The van der Waals surface area contributed by atoms with Gasteiger partial charge in [0, 0.05) is 30.6 Å². The third kappa shape index (κ3) is 4.94. The third-order valence-electron chi connectivity index (χ3n) is 3.27. The highest BCUT2D eigenvalue weighted by Crippen LogP contribution is 2.29. The van der Waals surface area contributed by atoms with Gasteiger partial charge in [-0.1, -0.05) is 23.2 Å². The molecule has 0 saturated carbocycles. The summed E-state index contributed by atoms with van der Waals surface area (Å²) in [6, 6.07) is 10.2. The highest BCUT2D eigenvalue weighted by molar-refractivity contribution is 6.36. The van der Waals surface area contributed by atoms with Crippen LogP contribution >= 0.6 is 23.2 Å². The van der Waals surface area contributed by atoms with Gasteiger partial charge in [0.05, 0.1) is 10.7 Å². The predicted octanol–water partition coefficient (Wildman–Crippen LogP) is 4.51. The Labute approximate surface area is 149 Å². The largest absolute Gasteiger partial charge is 0.326 e. The lowest BCUT2D eigenvalue weighted by atomic mass is 10.2. The number of benzene rings is 2. The Morgan fingerprint density at radius 2 is 1.79 bits per heavy atom. The number of hydrogen-bond donors (Lipinski definition) is 1. The molecule has 2 aromatic rings. The van der Waals surface area contributed by atoms with Crippen LogP contribution in [0.15, 0.2) is 42.5 Å². The minimum Gasteiger partial charge on any atom is -0.326 e. The molecule has 24 heavy (non-hydrogen) atoms. The van der Waals surface area contributed by atoms with Crippen LogP contribution in [-0.2, 0) is 9.59 Å². The van der Waals surface area contributed by atoms with E-state index in [0.29, 0.717) is 21.4 Å². The van der Waals surface area contributed by atoms with Gasteiger partial charge in [-0.3, -0.25) is 9.59 Å². The summed E-state index contributed by atoms with van der Waals surface area (Å²) in [6.07, 6.45) is 0.0654. The first-order valence-corrected chi connectivity index (χ1v) is 7.91. The van der Waals surface area contributed by atoms with Crippen LogP contribution in [0.5, 0.6) is 0 Å². The zero-order chi connectivity index (χ0) is 17.7. The van der Waals surface area contributed by atoms with Crippen LogP contribution in [0.4, 0.5) is 15.8 Å². The van der Waals surface area contributed by atoms with E-state index in [9.17, 15) is 14.0 Å². The van der Waals surface area contributed by atoms with E-state index < -0.39 is 0 Å². The molecule has 0 heterocycles. The summed E-state index contributed by atoms with van der Waals surface area (Å²) < 4.78 is 12.8. The SMILES string of the molecule is CC(=O)N(CCC(=O)Nc1ccc(F)cc1)c1ccc(Cl)cc1Cl. The van der Waals surface area contributed by atoms with Crippen molar-refractivity contribution in [1.82, 2.24) is 0 Å². The van der Waals surface area contributed by atoms with Gasteiger partial charge in [0.15, 0.2) is 0 Å². The molecule has 0 bridgehead atoms. The molecular formula is C17H15Cl2FN2O2. The van der Waals surface area contributed by atoms with E-state index >= 15 is 0 Å². The van der Waals surface area contributed by atoms with E-state index in [0.717, 1.165) is 0 Å². The molecule has 0 atom stereocenters. The molecule has 2 aromatic carbocycles. The minimum absolute atomic E-state index is 0.0654. The number of carbonyl (C=O) groups excluding carboxylic acids is 2. The fraction of sp³-hybridized carbons (Fsp3) is 0.176. The first-order chi connectivity index (χ1) is 11.4. The molecule has 0 fully saturated rings. The van der Waals surface area contributed by atoms with Crippen LogP contribution in [0.1, 0.15) is 13.3 Å². The Morgan fingerprint density at radius 1 is 1.12 bits per heavy atom. The van der Waals surface area contributed by atoms with Crippen LogP contribution in [0.25, 0.3) is 0 Å². The van der Waals surface area contributed by atoms with Crippen LogP contribution < -0.4 is 10.2 Å². The molecule has 2 amide bonds. The number of carbonyl (C=O) groups is 2. The maximum atomic E-state index is 12.8. The molecule has 0 aliphatic heterocycles. The second kappa shape index (κ2) is 8.13. The molecule has 0 radical (unpaired) electrons. The molecular weight excluding hydrogens is 354 g/mol. The summed E-state index contributed by atoms with van der Waals surface area (Å²) in [6.45, 7) is 1.55. The Bertz CT molecular complexity index is 751. The predicted molar refractivity (Wildman–Crippen MR) is 94.1 cm³/mol. The zero-order valence-corrected chi connectivity index (χ0v) is 14.4. The molecule has 0 spiro atoms. The van der Waals surface area contributed by atoms with Crippen LogP contribution in [0.3, 0.4) is 0 Å². The van der Waals surface area contributed by atoms with Gasteiger partial charge in [0.1, 0.15) is 5.82 Å². The molecule has 4 nitrogen and oxygen atoms in total. The molecule has 0 unspecified atom stereocenters. The molecule has 0 saturated heterocycles. The number of rotatable bonds is 5. The maximum absolute atomic E-state index is 12.8. The number of nitrogens with one attached hydrogen (secondary N) is 1. The van der Waals surface area contributed by atoms with E-state index in [2.05, 4.69) is 5.32 Å². The average Bonchev–Trinajstić information content (AvgIpc) is 2.51. The summed E-state index contributed by atoms with van der Waals surface area (Å²) >= 11 is 12.0. The average molecular weight is 369 g/mol. The lowest BCUT2D eigenvalue weighted by molar-refractivity contribution is -0.117. The zero-order valence-electron chi connectivity index (χ0n) is 12.9. The van der Waals surface area contributed by atoms with Crippen molar-refractivity contribution >= 4 is 46.4 Å². The van der Waals surface area contributed by atoms with Gasteiger partial charge in [0.2, 0.25) is 11.8 Å². The number of halogens is 3. The molecule has 1 N–H and O–H groups in total. The van der Waals surface area contributed by atoms with Crippen molar-refractivity contribution < 1.29 is 14.0 Å². The number of hydrogen-bond acceptors (Lipinski definition) is 2. The standard InChI is InChI=1S/C17H15Cl2FN2O2/c1-11(23)22(16-7-2-12(18)10-15(16)19)9-8-17(24)21-14-5-3-13(20)4-6-14/h2-7,10H,8-9H2,1H3,(H,21,24). The Balaban J connectivity index is 2.02. The van der Waals surface area contributed by atoms with Gasteiger partial charge in [-0.2, -0.15) is 0 Å². The van der Waals surface area contributed by atoms with E-state index in [4.69, 9.17) is 23.2 Å². The van der Waals surface area contributed by atoms with Gasteiger partial charge in [0.25, 0.3) is 0 Å². The number of nitrogens with zero attached hydrogens (tertiary/aromatic N) is 1. The molecule has 0 aliphatic carbocycles. The van der Waals surface area contributed by atoms with Gasteiger partial charge < -0.3 is 10.2 Å².